The fourth-order valence-corrected chi connectivity index (χ4v) is 1.43. The van der Waals surface area contributed by atoms with E-state index in [4.69, 9.17) is 10.8 Å². The summed E-state index contributed by atoms with van der Waals surface area (Å²) < 4.78 is 0. The number of nitrogens with two attached hydrogens (primary N) is 1. The number of ketones is 1. The Balaban J connectivity index is 2.67. The average molecular weight is 171 g/mol. The van der Waals surface area contributed by atoms with Crippen molar-refractivity contribution in [3.8, 4) is 0 Å². The predicted molar refractivity (Wildman–Crippen MR) is 42.6 cm³/mol. The SMILES string of the molecule is NC1(C(=O)O)CCCC(=O)CC1. The fraction of sp³-hybridized carbons (Fsp3) is 0.750. The summed E-state index contributed by atoms with van der Waals surface area (Å²) in [5.74, 6) is -0.860. The van der Waals surface area contributed by atoms with Crippen LogP contribution in [0.5, 0.6) is 0 Å². The summed E-state index contributed by atoms with van der Waals surface area (Å²) in [6.07, 6.45) is 2.08. The van der Waals surface area contributed by atoms with Crippen molar-refractivity contribution >= 4 is 11.8 Å². The maximum atomic E-state index is 10.9. The van der Waals surface area contributed by atoms with Crippen LogP contribution in [0.25, 0.3) is 0 Å². The highest BCUT2D eigenvalue weighted by atomic mass is 16.4. The molecule has 12 heavy (non-hydrogen) atoms. The van der Waals surface area contributed by atoms with E-state index < -0.39 is 11.5 Å². The van der Waals surface area contributed by atoms with Crippen molar-refractivity contribution in [3.05, 3.63) is 0 Å². The highest BCUT2D eigenvalue weighted by Crippen LogP contribution is 2.23. The van der Waals surface area contributed by atoms with E-state index >= 15 is 0 Å². The van der Waals surface area contributed by atoms with Gasteiger partial charge in [-0.15, -0.1) is 0 Å². The second-order valence-corrected chi connectivity index (χ2v) is 3.35. The van der Waals surface area contributed by atoms with Crippen molar-refractivity contribution in [2.45, 2.75) is 37.6 Å². The molecule has 1 aliphatic rings. The van der Waals surface area contributed by atoms with Crippen molar-refractivity contribution < 1.29 is 14.7 Å². The number of carboxylic acid groups (broad SMARTS) is 1. The minimum absolute atomic E-state index is 0.128. The Morgan fingerprint density at radius 1 is 1.42 bits per heavy atom. The van der Waals surface area contributed by atoms with Gasteiger partial charge in [0.25, 0.3) is 0 Å². The van der Waals surface area contributed by atoms with E-state index in [1.807, 2.05) is 0 Å². The molecule has 4 nitrogen and oxygen atoms in total. The van der Waals surface area contributed by atoms with Crippen LogP contribution in [0.2, 0.25) is 0 Å². The van der Waals surface area contributed by atoms with Gasteiger partial charge in [-0.05, 0) is 19.3 Å². The molecule has 1 atom stereocenters. The molecule has 0 aromatic carbocycles. The van der Waals surface area contributed by atoms with Crippen LogP contribution < -0.4 is 5.73 Å². The number of carbonyl (C=O) groups is 2. The predicted octanol–water partition coefficient (Wildman–Crippen LogP) is 0.302. The number of Topliss-reactive ketones (excluding diaryl/α,β-unsaturated/α-hetero) is 1. The van der Waals surface area contributed by atoms with Gasteiger partial charge in [0.05, 0.1) is 0 Å². The number of carbonyl (C=O) groups excluding carboxylic acids is 1. The van der Waals surface area contributed by atoms with E-state index in [2.05, 4.69) is 0 Å². The highest BCUT2D eigenvalue weighted by Gasteiger charge is 2.35. The molecule has 3 N–H and O–H groups in total. The summed E-state index contributed by atoms with van der Waals surface area (Å²) in [6.45, 7) is 0. The van der Waals surface area contributed by atoms with Crippen LogP contribution in [0.3, 0.4) is 0 Å². The number of carboxylic acids is 1. The number of hydrogen-bond acceptors (Lipinski definition) is 3. The lowest BCUT2D eigenvalue weighted by atomic mass is 9.92. The van der Waals surface area contributed by atoms with Gasteiger partial charge in [-0.3, -0.25) is 9.59 Å². The third-order valence-corrected chi connectivity index (χ3v) is 2.35. The van der Waals surface area contributed by atoms with E-state index in [-0.39, 0.29) is 12.2 Å². The number of aliphatic carboxylic acids is 1. The summed E-state index contributed by atoms with van der Waals surface area (Å²) in [7, 11) is 0. The smallest absolute Gasteiger partial charge is 0.323 e. The van der Waals surface area contributed by atoms with Crippen LogP contribution in [0.4, 0.5) is 0 Å². The van der Waals surface area contributed by atoms with Crippen molar-refractivity contribution in [2.75, 3.05) is 0 Å². The lowest BCUT2D eigenvalue weighted by Crippen LogP contribution is -2.47. The summed E-state index contributed by atoms with van der Waals surface area (Å²) in [6, 6.07) is 0. The second kappa shape index (κ2) is 3.23. The van der Waals surface area contributed by atoms with Crippen molar-refractivity contribution in [2.24, 2.45) is 5.73 Å². The first-order valence-corrected chi connectivity index (χ1v) is 4.08. The average Bonchev–Trinajstić information content (AvgIpc) is 2.15. The summed E-state index contributed by atoms with van der Waals surface area (Å²) >= 11 is 0. The van der Waals surface area contributed by atoms with Crippen LogP contribution in [-0.2, 0) is 9.59 Å². The standard InChI is InChI=1S/C8H13NO3/c9-8(7(11)12)4-1-2-6(10)3-5-8/h1-5,9H2,(H,11,12). The van der Waals surface area contributed by atoms with Gasteiger partial charge in [0, 0.05) is 12.8 Å². The summed E-state index contributed by atoms with van der Waals surface area (Å²) in [5.41, 5.74) is 4.45. The van der Waals surface area contributed by atoms with E-state index in [1.54, 1.807) is 0 Å². The van der Waals surface area contributed by atoms with Crippen LogP contribution in [0, 0.1) is 0 Å². The molecule has 1 saturated carbocycles. The Bertz CT molecular complexity index is 214. The number of hydrogen-bond donors (Lipinski definition) is 2. The molecule has 0 aromatic heterocycles. The van der Waals surface area contributed by atoms with Crippen LogP contribution >= 0.6 is 0 Å². The lowest BCUT2D eigenvalue weighted by molar-refractivity contribution is -0.143. The van der Waals surface area contributed by atoms with E-state index in [1.165, 1.54) is 0 Å². The molecule has 0 spiro atoms. The van der Waals surface area contributed by atoms with E-state index in [0.717, 1.165) is 0 Å². The molecule has 0 heterocycles. The normalized spacial score (nSPS) is 31.2. The zero-order chi connectivity index (χ0) is 9.19. The molecule has 0 amide bonds. The van der Waals surface area contributed by atoms with Crippen molar-refractivity contribution in [1.82, 2.24) is 0 Å². The zero-order valence-corrected chi connectivity index (χ0v) is 6.88. The van der Waals surface area contributed by atoms with Gasteiger partial charge >= 0.3 is 5.97 Å². The molecule has 1 aliphatic carbocycles. The van der Waals surface area contributed by atoms with E-state index in [9.17, 15) is 9.59 Å². The summed E-state index contributed by atoms with van der Waals surface area (Å²) in [4.78, 5) is 21.6. The van der Waals surface area contributed by atoms with E-state index in [0.29, 0.717) is 25.7 Å². The highest BCUT2D eigenvalue weighted by molar-refractivity contribution is 5.83. The third-order valence-electron chi connectivity index (χ3n) is 2.35. The molecule has 1 unspecified atom stereocenters. The largest absolute Gasteiger partial charge is 0.480 e. The maximum Gasteiger partial charge on any atom is 0.323 e. The van der Waals surface area contributed by atoms with Crippen LogP contribution in [0.15, 0.2) is 0 Å². The van der Waals surface area contributed by atoms with Gasteiger partial charge in [-0.25, -0.2) is 0 Å². The maximum absolute atomic E-state index is 10.9. The Morgan fingerprint density at radius 2 is 2.08 bits per heavy atom. The quantitative estimate of drug-likeness (QED) is 0.556. The molecule has 0 saturated heterocycles. The molecule has 0 bridgehead atoms. The van der Waals surface area contributed by atoms with Crippen LogP contribution in [0.1, 0.15) is 32.1 Å². The van der Waals surface area contributed by atoms with Crippen molar-refractivity contribution in [3.63, 3.8) is 0 Å². The van der Waals surface area contributed by atoms with Gasteiger partial charge in [-0.2, -0.15) is 0 Å². The molecular weight excluding hydrogens is 158 g/mol. The van der Waals surface area contributed by atoms with Gasteiger partial charge in [0.2, 0.25) is 0 Å². The Hall–Kier alpha value is -0.900. The molecular formula is C8H13NO3. The fourth-order valence-electron chi connectivity index (χ4n) is 1.43. The molecule has 1 fully saturated rings. The first kappa shape index (κ1) is 9.19. The molecule has 0 aromatic rings. The zero-order valence-electron chi connectivity index (χ0n) is 6.88. The van der Waals surface area contributed by atoms with Crippen LogP contribution in [-0.4, -0.2) is 22.4 Å². The molecule has 0 radical (unpaired) electrons. The minimum Gasteiger partial charge on any atom is -0.480 e. The minimum atomic E-state index is -1.16. The first-order chi connectivity index (χ1) is 5.54. The molecule has 68 valence electrons. The Morgan fingerprint density at radius 3 is 2.67 bits per heavy atom. The molecule has 0 aliphatic heterocycles. The van der Waals surface area contributed by atoms with Crippen molar-refractivity contribution in [1.29, 1.82) is 0 Å². The molecule has 1 rings (SSSR count). The third kappa shape index (κ3) is 1.82. The molecule has 4 heteroatoms. The Labute approximate surface area is 70.7 Å². The van der Waals surface area contributed by atoms with Gasteiger partial charge in [0.15, 0.2) is 0 Å². The second-order valence-electron chi connectivity index (χ2n) is 3.35. The van der Waals surface area contributed by atoms with Gasteiger partial charge < -0.3 is 10.8 Å². The monoisotopic (exact) mass is 171 g/mol. The summed E-state index contributed by atoms with van der Waals surface area (Å²) in [5, 5.41) is 8.77. The Kier molecular flexibility index (Phi) is 2.47. The topological polar surface area (TPSA) is 80.4 Å². The van der Waals surface area contributed by atoms with Gasteiger partial charge in [-0.1, -0.05) is 0 Å². The lowest BCUT2D eigenvalue weighted by Gasteiger charge is -2.21. The first-order valence-electron chi connectivity index (χ1n) is 4.08. The number of rotatable bonds is 1. The van der Waals surface area contributed by atoms with Gasteiger partial charge in [0.1, 0.15) is 11.3 Å².